The summed E-state index contributed by atoms with van der Waals surface area (Å²) in [6.45, 7) is 0. The number of nitrogens with one attached hydrogen (secondary N) is 2. The maximum atomic E-state index is 11.9. The highest BCUT2D eigenvalue weighted by Gasteiger charge is 2.28. The Morgan fingerprint density at radius 2 is 1.88 bits per heavy atom. The molecule has 11 heteroatoms. The fourth-order valence-electron chi connectivity index (χ4n) is 4.71. The lowest BCUT2D eigenvalue weighted by Crippen LogP contribution is -2.37. The van der Waals surface area contributed by atoms with Gasteiger partial charge in [0.2, 0.25) is 10.0 Å². The predicted octanol–water partition coefficient (Wildman–Crippen LogP) is 2.24. The van der Waals surface area contributed by atoms with E-state index in [1.165, 1.54) is 7.05 Å². The molecule has 1 aliphatic carbocycles. The van der Waals surface area contributed by atoms with Crippen LogP contribution in [0.3, 0.4) is 0 Å². The molecule has 0 amide bonds. The van der Waals surface area contributed by atoms with Crippen LogP contribution in [0.25, 0.3) is 27.9 Å². The van der Waals surface area contributed by atoms with E-state index >= 15 is 0 Å². The van der Waals surface area contributed by atoms with Crippen molar-refractivity contribution in [2.24, 2.45) is 5.92 Å². The van der Waals surface area contributed by atoms with Gasteiger partial charge in [0.1, 0.15) is 24.1 Å². The number of H-pyrrole nitrogens is 1. The normalized spacial score (nSPS) is 19.6. The molecule has 1 saturated carbocycles. The third-order valence-corrected chi connectivity index (χ3v) is 8.02. The molecular weight excluding hydrogens is 428 g/mol. The monoisotopic (exact) mass is 454 g/mol. The molecule has 1 aliphatic rings. The van der Waals surface area contributed by atoms with Gasteiger partial charge in [0.05, 0.1) is 16.5 Å². The van der Waals surface area contributed by atoms with Gasteiger partial charge in [-0.15, -0.1) is 0 Å². The lowest BCUT2D eigenvalue weighted by atomic mass is 9.86. The summed E-state index contributed by atoms with van der Waals surface area (Å²) < 4.78 is 28.2. The Balaban J connectivity index is 1.41. The highest BCUT2D eigenvalue weighted by atomic mass is 32.2. The minimum absolute atomic E-state index is 0.199. The minimum atomic E-state index is -3.17. The maximum Gasteiger partial charge on any atom is 0.211 e. The van der Waals surface area contributed by atoms with Crippen molar-refractivity contribution in [2.75, 3.05) is 24.7 Å². The van der Waals surface area contributed by atoms with Crippen LogP contribution in [0.2, 0.25) is 0 Å². The van der Waals surface area contributed by atoms with E-state index in [-0.39, 0.29) is 11.7 Å². The second-order valence-electron chi connectivity index (χ2n) is 8.33. The fraction of sp³-hybridized carbons (Fsp3) is 0.429. The van der Waals surface area contributed by atoms with E-state index in [2.05, 4.69) is 41.6 Å². The molecular formula is C21H26N8O2S. The molecule has 0 spiro atoms. The Bertz CT molecular complexity index is 1350. The molecule has 0 unspecified atom stereocenters. The van der Waals surface area contributed by atoms with Crippen LogP contribution < -0.4 is 9.62 Å². The van der Waals surface area contributed by atoms with Crippen molar-refractivity contribution in [1.29, 1.82) is 0 Å². The Kier molecular flexibility index (Phi) is 5.30. The molecule has 168 valence electrons. The summed E-state index contributed by atoms with van der Waals surface area (Å²) in [5.74, 6) is 2.04. The Hall–Kier alpha value is -3.05. The van der Waals surface area contributed by atoms with Gasteiger partial charge in [0.25, 0.3) is 0 Å². The molecule has 0 saturated heterocycles. The van der Waals surface area contributed by atoms with Crippen LogP contribution in [0.4, 0.5) is 5.82 Å². The Labute approximate surface area is 186 Å². The van der Waals surface area contributed by atoms with Gasteiger partial charge >= 0.3 is 0 Å². The summed E-state index contributed by atoms with van der Waals surface area (Å²) in [4.78, 5) is 23.2. The summed E-state index contributed by atoms with van der Waals surface area (Å²) >= 11 is 0. The molecule has 0 bridgehead atoms. The van der Waals surface area contributed by atoms with Gasteiger partial charge < -0.3 is 9.88 Å². The zero-order chi connectivity index (χ0) is 22.3. The zero-order valence-electron chi connectivity index (χ0n) is 18.1. The number of fused-ring (bicyclic) bond motifs is 2. The van der Waals surface area contributed by atoms with Crippen molar-refractivity contribution < 1.29 is 8.42 Å². The van der Waals surface area contributed by atoms with Crippen molar-refractivity contribution in [1.82, 2.24) is 34.2 Å². The second-order valence-corrected chi connectivity index (χ2v) is 10.3. The van der Waals surface area contributed by atoms with Crippen molar-refractivity contribution >= 4 is 37.9 Å². The third-order valence-electron chi connectivity index (χ3n) is 6.49. The van der Waals surface area contributed by atoms with E-state index in [0.717, 1.165) is 59.4 Å². The average Bonchev–Trinajstić information content (AvgIpc) is 3.46. The first-order chi connectivity index (χ1) is 15.5. The molecule has 4 aromatic heterocycles. The molecule has 32 heavy (non-hydrogen) atoms. The summed E-state index contributed by atoms with van der Waals surface area (Å²) in [6, 6.07) is 4.28. The molecule has 5 rings (SSSR count). The summed E-state index contributed by atoms with van der Waals surface area (Å²) in [5.41, 5.74) is 1.57. The van der Waals surface area contributed by atoms with Gasteiger partial charge in [0, 0.05) is 25.5 Å². The van der Waals surface area contributed by atoms with Crippen molar-refractivity contribution in [2.45, 2.75) is 31.7 Å². The number of aromatic nitrogens is 6. The van der Waals surface area contributed by atoms with Gasteiger partial charge in [-0.05, 0) is 50.8 Å². The molecule has 0 atom stereocenters. The minimum Gasteiger partial charge on any atom is -0.356 e. The quantitative estimate of drug-likeness (QED) is 0.458. The van der Waals surface area contributed by atoms with E-state index in [9.17, 15) is 8.42 Å². The molecule has 0 aliphatic heterocycles. The highest BCUT2D eigenvalue weighted by Crippen LogP contribution is 2.33. The summed E-state index contributed by atoms with van der Waals surface area (Å²) in [6.07, 6.45) is 10.6. The topological polar surface area (TPSA) is 122 Å². The van der Waals surface area contributed by atoms with E-state index in [4.69, 9.17) is 0 Å². The Morgan fingerprint density at radius 3 is 2.66 bits per heavy atom. The van der Waals surface area contributed by atoms with Gasteiger partial charge in [-0.3, -0.25) is 4.57 Å². The van der Waals surface area contributed by atoms with Crippen molar-refractivity contribution in [3.05, 3.63) is 37.2 Å². The van der Waals surface area contributed by atoms with Crippen LogP contribution in [0.15, 0.2) is 37.2 Å². The van der Waals surface area contributed by atoms with E-state index in [0.29, 0.717) is 6.04 Å². The van der Waals surface area contributed by atoms with E-state index in [1.54, 1.807) is 12.7 Å². The van der Waals surface area contributed by atoms with Gasteiger partial charge in [-0.2, -0.15) is 0 Å². The van der Waals surface area contributed by atoms with Crippen molar-refractivity contribution in [3.8, 4) is 5.82 Å². The number of nitrogens with zero attached hydrogens (tertiary/aromatic N) is 6. The first-order valence-electron chi connectivity index (χ1n) is 10.7. The van der Waals surface area contributed by atoms with Crippen LogP contribution in [-0.2, 0) is 10.0 Å². The first kappa shape index (κ1) is 20.8. The molecule has 10 nitrogen and oxygen atoms in total. The van der Waals surface area contributed by atoms with E-state index in [1.807, 2.05) is 29.1 Å². The number of hydrogen-bond acceptors (Lipinski definition) is 7. The van der Waals surface area contributed by atoms with Gasteiger partial charge in [-0.1, -0.05) is 0 Å². The smallest absolute Gasteiger partial charge is 0.211 e. The first-order valence-corrected chi connectivity index (χ1v) is 12.4. The number of anilines is 1. The molecule has 2 N–H and O–H groups in total. The third kappa shape index (κ3) is 3.71. The molecule has 0 aromatic carbocycles. The molecule has 4 heterocycles. The Morgan fingerprint density at radius 1 is 1.09 bits per heavy atom. The number of sulfonamides is 1. The van der Waals surface area contributed by atoms with Gasteiger partial charge in [0.15, 0.2) is 11.5 Å². The maximum absolute atomic E-state index is 11.9. The molecule has 4 aromatic rings. The number of hydrogen-bond donors (Lipinski definition) is 2. The summed E-state index contributed by atoms with van der Waals surface area (Å²) in [5, 5.41) is 1.88. The van der Waals surface area contributed by atoms with Crippen LogP contribution in [0.1, 0.15) is 25.7 Å². The van der Waals surface area contributed by atoms with Crippen LogP contribution in [0.5, 0.6) is 0 Å². The lowest BCUT2D eigenvalue weighted by molar-refractivity contribution is 0.340. The van der Waals surface area contributed by atoms with Crippen LogP contribution in [-0.4, -0.2) is 63.8 Å². The standard InChI is InChI=1S/C21H26N8O2S/c1-22-32(30,31)11-14-3-5-15(6-4-14)28(2)19-17-8-10-29(21(17)27-13-25-19)20-16-7-9-23-18(16)24-12-26-20/h7-10,12-15,22H,3-6,11H2,1-2H3,(H,23,24,26). The largest absolute Gasteiger partial charge is 0.356 e. The van der Waals surface area contributed by atoms with Crippen molar-refractivity contribution in [3.63, 3.8) is 0 Å². The highest BCUT2D eigenvalue weighted by molar-refractivity contribution is 7.89. The lowest BCUT2D eigenvalue weighted by Gasteiger charge is -2.35. The summed E-state index contributed by atoms with van der Waals surface area (Å²) in [7, 11) is 0.363. The zero-order valence-corrected chi connectivity index (χ0v) is 18.9. The fourth-order valence-corrected chi connectivity index (χ4v) is 5.83. The van der Waals surface area contributed by atoms with Crippen LogP contribution in [0, 0.1) is 5.92 Å². The van der Waals surface area contributed by atoms with Crippen LogP contribution >= 0.6 is 0 Å². The SMILES string of the molecule is CNS(=O)(=O)CC1CCC(N(C)c2ncnc3c2ccn3-c2ncnc3[nH]ccc23)CC1. The van der Waals surface area contributed by atoms with Gasteiger partial charge in [-0.25, -0.2) is 33.1 Å². The molecule has 0 radical (unpaired) electrons. The second kappa shape index (κ2) is 8.14. The number of rotatable bonds is 6. The predicted molar refractivity (Wildman–Crippen MR) is 123 cm³/mol. The number of aromatic amines is 1. The average molecular weight is 455 g/mol. The van der Waals surface area contributed by atoms with E-state index < -0.39 is 10.0 Å². The molecule has 1 fully saturated rings.